The highest BCUT2D eigenvalue weighted by Gasteiger charge is 2.25. The standard InChI is InChI=1S/C15H11F3N6O3S/c16-9-5-6-10(17)12(18)11(9)13(25)24-14(19)22-15(23-24)21-7-1-3-8(4-2-7)28(20,26)27/h1-6H,(H2,20,26,27)(H3,19,21,22,23). The zero-order chi connectivity index (χ0) is 20.6. The van der Waals surface area contributed by atoms with Crippen molar-refractivity contribution in [2.75, 3.05) is 11.1 Å². The van der Waals surface area contributed by atoms with Gasteiger partial charge in [-0.2, -0.15) is 9.67 Å². The van der Waals surface area contributed by atoms with E-state index in [4.69, 9.17) is 10.9 Å². The van der Waals surface area contributed by atoms with E-state index in [0.717, 1.165) is 0 Å². The lowest BCUT2D eigenvalue weighted by Crippen LogP contribution is -2.20. The molecule has 0 bridgehead atoms. The molecular formula is C15H11F3N6O3S. The Morgan fingerprint density at radius 1 is 1.04 bits per heavy atom. The molecule has 0 unspecified atom stereocenters. The third-order valence-corrected chi connectivity index (χ3v) is 4.45. The van der Waals surface area contributed by atoms with E-state index in [2.05, 4.69) is 15.4 Å². The third-order valence-electron chi connectivity index (χ3n) is 3.52. The minimum atomic E-state index is -3.88. The van der Waals surface area contributed by atoms with Gasteiger partial charge in [0.2, 0.25) is 21.9 Å². The van der Waals surface area contributed by atoms with E-state index in [-0.39, 0.29) is 10.8 Å². The second-order valence-corrected chi connectivity index (χ2v) is 6.98. The van der Waals surface area contributed by atoms with Gasteiger partial charge in [0.1, 0.15) is 11.4 Å². The molecule has 0 saturated carbocycles. The fourth-order valence-electron chi connectivity index (χ4n) is 2.21. The Morgan fingerprint density at radius 3 is 2.25 bits per heavy atom. The second kappa shape index (κ2) is 6.94. The summed E-state index contributed by atoms with van der Waals surface area (Å²) in [5, 5.41) is 11.3. The number of nitrogens with two attached hydrogens (primary N) is 2. The van der Waals surface area contributed by atoms with Gasteiger partial charge in [-0.3, -0.25) is 4.79 Å². The van der Waals surface area contributed by atoms with Crippen molar-refractivity contribution in [3.8, 4) is 0 Å². The minimum Gasteiger partial charge on any atom is -0.368 e. The molecule has 2 aromatic carbocycles. The molecule has 0 saturated heterocycles. The SMILES string of the molecule is Nc1nc(Nc2ccc(S(N)(=O)=O)cc2)nn1C(=O)c1c(F)ccc(F)c1F. The summed E-state index contributed by atoms with van der Waals surface area (Å²) in [5.41, 5.74) is 4.67. The molecule has 3 aromatic rings. The molecule has 146 valence electrons. The minimum absolute atomic E-state index is 0.136. The van der Waals surface area contributed by atoms with Crippen LogP contribution in [0.15, 0.2) is 41.3 Å². The average molecular weight is 412 g/mol. The van der Waals surface area contributed by atoms with Crippen LogP contribution in [-0.2, 0) is 10.0 Å². The normalized spacial score (nSPS) is 11.4. The highest BCUT2D eigenvalue weighted by Crippen LogP contribution is 2.20. The molecule has 5 N–H and O–H groups in total. The first-order chi connectivity index (χ1) is 13.1. The molecule has 0 fully saturated rings. The lowest BCUT2D eigenvalue weighted by Gasteiger charge is -2.05. The van der Waals surface area contributed by atoms with Gasteiger partial charge in [0, 0.05) is 5.69 Å². The number of hydrogen-bond donors (Lipinski definition) is 3. The number of anilines is 3. The zero-order valence-electron chi connectivity index (χ0n) is 13.7. The molecule has 0 aliphatic rings. The largest absolute Gasteiger partial charge is 0.368 e. The molecule has 0 radical (unpaired) electrons. The van der Waals surface area contributed by atoms with Crippen LogP contribution in [0, 0.1) is 17.5 Å². The van der Waals surface area contributed by atoms with E-state index in [1.165, 1.54) is 24.3 Å². The fraction of sp³-hybridized carbons (Fsp3) is 0. The Bertz CT molecular complexity index is 1180. The Balaban J connectivity index is 1.90. The van der Waals surface area contributed by atoms with Crippen LogP contribution in [0.3, 0.4) is 0 Å². The first kappa shape index (κ1) is 19.3. The van der Waals surface area contributed by atoms with Gasteiger partial charge >= 0.3 is 0 Å². The molecular weight excluding hydrogens is 401 g/mol. The molecule has 0 atom stereocenters. The molecule has 0 aliphatic carbocycles. The van der Waals surface area contributed by atoms with Crippen molar-refractivity contribution in [2.45, 2.75) is 4.90 Å². The summed E-state index contributed by atoms with van der Waals surface area (Å²) in [5.74, 6) is -6.52. The number of nitrogen functional groups attached to an aromatic ring is 1. The van der Waals surface area contributed by atoms with Crippen molar-refractivity contribution >= 4 is 33.5 Å². The van der Waals surface area contributed by atoms with Gasteiger partial charge in [0.15, 0.2) is 11.6 Å². The molecule has 9 nitrogen and oxygen atoms in total. The molecule has 0 spiro atoms. The van der Waals surface area contributed by atoms with Gasteiger partial charge in [-0.1, -0.05) is 0 Å². The summed E-state index contributed by atoms with van der Waals surface area (Å²) in [7, 11) is -3.88. The van der Waals surface area contributed by atoms with E-state index < -0.39 is 44.9 Å². The van der Waals surface area contributed by atoms with Crippen LogP contribution >= 0.6 is 0 Å². The smallest absolute Gasteiger partial charge is 0.287 e. The van der Waals surface area contributed by atoms with E-state index >= 15 is 0 Å². The molecule has 13 heteroatoms. The topological polar surface area (TPSA) is 146 Å². The van der Waals surface area contributed by atoms with Gasteiger partial charge < -0.3 is 11.1 Å². The predicted octanol–water partition coefficient (Wildman–Crippen LogP) is 1.36. The zero-order valence-corrected chi connectivity index (χ0v) is 14.5. The van der Waals surface area contributed by atoms with Gasteiger partial charge in [0.25, 0.3) is 5.91 Å². The molecule has 1 aromatic heterocycles. The number of rotatable bonds is 4. The number of carbonyl (C=O) groups excluding carboxylic acids is 1. The van der Waals surface area contributed by atoms with Crippen LogP contribution in [0.25, 0.3) is 0 Å². The van der Waals surface area contributed by atoms with Crippen LogP contribution in [-0.4, -0.2) is 29.1 Å². The maximum Gasteiger partial charge on any atom is 0.287 e. The summed E-state index contributed by atoms with van der Waals surface area (Å²) in [4.78, 5) is 15.9. The average Bonchev–Trinajstić information content (AvgIpc) is 2.98. The summed E-state index contributed by atoms with van der Waals surface area (Å²) >= 11 is 0. The number of carbonyl (C=O) groups is 1. The third kappa shape index (κ3) is 3.65. The lowest BCUT2D eigenvalue weighted by atomic mass is 10.2. The Labute approximate surface area is 155 Å². The van der Waals surface area contributed by atoms with Gasteiger partial charge in [-0.25, -0.2) is 26.7 Å². The Hall–Kier alpha value is -3.45. The van der Waals surface area contributed by atoms with E-state index in [1.807, 2.05) is 0 Å². The van der Waals surface area contributed by atoms with Crippen molar-refractivity contribution in [3.63, 3.8) is 0 Å². The highest BCUT2D eigenvalue weighted by molar-refractivity contribution is 7.89. The number of nitrogens with zero attached hydrogens (tertiary/aromatic N) is 3. The molecule has 0 aliphatic heterocycles. The number of hydrogen-bond acceptors (Lipinski definition) is 7. The highest BCUT2D eigenvalue weighted by atomic mass is 32.2. The number of sulfonamides is 1. The lowest BCUT2D eigenvalue weighted by molar-refractivity contribution is 0.0938. The van der Waals surface area contributed by atoms with Crippen molar-refractivity contribution in [2.24, 2.45) is 5.14 Å². The van der Waals surface area contributed by atoms with Gasteiger partial charge in [-0.15, -0.1) is 5.10 Å². The van der Waals surface area contributed by atoms with Crippen molar-refractivity contribution < 1.29 is 26.4 Å². The van der Waals surface area contributed by atoms with Crippen LogP contribution < -0.4 is 16.2 Å². The maximum atomic E-state index is 13.8. The van der Waals surface area contributed by atoms with Crippen molar-refractivity contribution in [3.05, 3.63) is 59.4 Å². The Morgan fingerprint density at radius 2 is 1.64 bits per heavy atom. The molecule has 3 rings (SSSR count). The second-order valence-electron chi connectivity index (χ2n) is 5.42. The molecule has 0 amide bonds. The molecule has 1 heterocycles. The quantitative estimate of drug-likeness (QED) is 0.548. The summed E-state index contributed by atoms with van der Waals surface area (Å²) in [6.07, 6.45) is 0. The maximum absolute atomic E-state index is 13.8. The Kier molecular flexibility index (Phi) is 4.79. The summed E-state index contributed by atoms with van der Waals surface area (Å²) < 4.78 is 63.7. The van der Waals surface area contributed by atoms with Gasteiger partial charge in [-0.05, 0) is 36.4 Å². The number of halogens is 3. The first-order valence-electron chi connectivity index (χ1n) is 7.38. The van der Waals surface area contributed by atoms with Crippen LogP contribution in [0.4, 0.5) is 30.8 Å². The summed E-state index contributed by atoms with van der Waals surface area (Å²) in [6, 6.07) is 6.21. The number of primary sulfonamides is 1. The molecule has 28 heavy (non-hydrogen) atoms. The van der Waals surface area contributed by atoms with E-state index in [9.17, 15) is 26.4 Å². The van der Waals surface area contributed by atoms with E-state index in [1.54, 1.807) is 0 Å². The first-order valence-corrected chi connectivity index (χ1v) is 8.93. The van der Waals surface area contributed by atoms with Gasteiger partial charge in [0.05, 0.1) is 4.90 Å². The number of nitrogens with one attached hydrogen (secondary N) is 1. The fourth-order valence-corrected chi connectivity index (χ4v) is 2.73. The van der Waals surface area contributed by atoms with Crippen LogP contribution in [0.2, 0.25) is 0 Å². The monoisotopic (exact) mass is 412 g/mol. The van der Waals surface area contributed by atoms with Crippen molar-refractivity contribution in [1.82, 2.24) is 14.8 Å². The predicted molar refractivity (Wildman–Crippen MR) is 91.6 cm³/mol. The van der Waals surface area contributed by atoms with Crippen molar-refractivity contribution in [1.29, 1.82) is 0 Å². The van der Waals surface area contributed by atoms with Crippen LogP contribution in [0.1, 0.15) is 10.4 Å². The number of benzene rings is 2. The summed E-state index contributed by atoms with van der Waals surface area (Å²) in [6.45, 7) is 0. The van der Waals surface area contributed by atoms with E-state index in [0.29, 0.717) is 22.5 Å². The van der Waals surface area contributed by atoms with Crippen LogP contribution in [0.5, 0.6) is 0 Å². The number of aromatic nitrogens is 3.